The van der Waals surface area contributed by atoms with Crippen LogP contribution in [-0.2, 0) is 4.76 Å². The number of hydrogen-bond donors (Lipinski definition) is 4. The van der Waals surface area contributed by atoms with Crippen molar-refractivity contribution in [1.82, 2.24) is 0 Å². The van der Waals surface area contributed by atoms with Crippen LogP contribution in [0.3, 0.4) is 0 Å². The number of benzene rings is 1. The normalized spacial score (nSPS) is 11.4. The third kappa shape index (κ3) is 7.69. The lowest BCUT2D eigenvalue weighted by Crippen LogP contribution is -2.44. The highest BCUT2D eigenvalue weighted by Gasteiger charge is 2.31. The molecule has 1 aromatic carbocycles. The Labute approximate surface area is 124 Å². The van der Waals surface area contributed by atoms with E-state index in [1.54, 1.807) is 52.0 Å². The highest BCUT2D eigenvalue weighted by molar-refractivity contribution is 6.35. The smallest absolute Gasteiger partial charge is 0.511 e. The second kappa shape index (κ2) is 7.83. The molecule has 0 spiro atoms. The summed E-state index contributed by atoms with van der Waals surface area (Å²) in [6.45, 7) is 6.31. The molecule has 0 saturated heterocycles. The van der Waals surface area contributed by atoms with E-state index in [0.29, 0.717) is 10.8 Å². The molecule has 6 nitrogen and oxygen atoms in total. The van der Waals surface area contributed by atoms with Crippen LogP contribution in [0.5, 0.6) is 5.75 Å². The van der Waals surface area contributed by atoms with Gasteiger partial charge in [-0.2, -0.15) is 0 Å². The Morgan fingerprint density at radius 1 is 1.05 bits per heavy atom. The van der Waals surface area contributed by atoms with Gasteiger partial charge in [0.15, 0.2) is 0 Å². The van der Waals surface area contributed by atoms with Gasteiger partial charge in [-0.05, 0) is 52.0 Å². The van der Waals surface area contributed by atoms with Crippen LogP contribution in [0.15, 0.2) is 24.3 Å². The largest absolute Gasteiger partial charge is 0.727 e. The molecule has 0 heterocycles. The summed E-state index contributed by atoms with van der Waals surface area (Å²) in [5.74, 6) is 5.08. The Balaban J connectivity index is 0.000000396. The monoisotopic (exact) mass is 305 g/mol. The molecule has 1 aromatic rings. The molecule has 0 amide bonds. The zero-order valence-electron chi connectivity index (χ0n) is 12.0. The summed E-state index contributed by atoms with van der Waals surface area (Å²) in [5.41, 5.74) is -2.01. The summed E-state index contributed by atoms with van der Waals surface area (Å²) in [4.78, 5) is 0. The van der Waals surface area contributed by atoms with Crippen LogP contribution >= 0.6 is 11.6 Å². The van der Waals surface area contributed by atoms with Gasteiger partial charge in [0.2, 0.25) is 0 Å². The molecule has 8 heteroatoms. The number of rotatable bonds is 4. The van der Waals surface area contributed by atoms with Gasteiger partial charge in [-0.15, -0.1) is 0 Å². The van der Waals surface area contributed by atoms with Crippen LogP contribution < -0.4 is 10.6 Å². The average Bonchev–Trinajstić information content (AvgIpc) is 2.30. The average molecular weight is 306 g/mol. The highest BCUT2D eigenvalue weighted by atomic mass is 35.5. The molecule has 20 heavy (non-hydrogen) atoms. The van der Waals surface area contributed by atoms with Crippen LogP contribution in [0.4, 0.5) is 0 Å². The lowest BCUT2D eigenvalue weighted by atomic mass is 9.90. The molecule has 0 aromatic heterocycles. The molecule has 0 atom stereocenters. The molecule has 0 aliphatic carbocycles. The molecule has 114 valence electrons. The Kier molecular flexibility index (Phi) is 7.50. The predicted molar refractivity (Wildman–Crippen MR) is 77.9 cm³/mol. The summed E-state index contributed by atoms with van der Waals surface area (Å²) >= 11 is 5.61. The van der Waals surface area contributed by atoms with Crippen LogP contribution in [0.2, 0.25) is 5.02 Å². The third-order valence-electron chi connectivity index (χ3n) is 2.66. The van der Waals surface area contributed by atoms with Crippen molar-refractivity contribution in [3.05, 3.63) is 29.3 Å². The number of hydrogen-bond acceptors (Lipinski definition) is 6. The van der Waals surface area contributed by atoms with Crippen molar-refractivity contribution in [2.24, 2.45) is 5.90 Å². The van der Waals surface area contributed by atoms with Crippen LogP contribution in [0.1, 0.15) is 27.7 Å². The van der Waals surface area contributed by atoms with E-state index in [9.17, 15) is 0 Å². The van der Waals surface area contributed by atoms with E-state index in [4.69, 9.17) is 31.5 Å². The van der Waals surface area contributed by atoms with Gasteiger partial charge in [-0.3, -0.25) is 4.76 Å². The molecule has 0 radical (unpaired) electrons. The molecule has 0 unspecified atom stereocenters. The fourth-order valence-corrected chi connectivity index (χ4v) is 0.783. The van der Waals surface area contributed by atoms with Crippen molar-refractivity contribution in [1.29, 1.82) is 0 Å². The summed E-state index contributed by atoms with van der Waals surface area (Å²) < 4.78 is 8.75. The van der Waals surface area contributed by atoms with Crippen LogP contribution in [0.25, 0.3) is 0 Å². The summed E-state index contributed by atoms with van der Waals surface area (Å²) in [7, 11) is -1.45. The maximum absolute atomic E-state index is 9.10. The highest BCUT2D eigenvalue weighted by Crippen LogP contribution is 2.19. The van der Waals surface area contributed by atoms with Crippen molar-refractivity contribution in [2.75, 3.05) is 0 Å². The third-order valence-corrected chi connectivity index (χ3v) is 2.92. The molecule has 0 fully saturated rings. The quantitative estimate of drug-likeness (QED) is 0.491. The summed E-state index contributed by atoms with van der Waals surface area (Å²) in [6, 6.07) is 6.43. The van der Waals surface area contributed by atoms with Crippen LogP contribution in [0, 0.1) is 0 Å². The fourth-order valence-electron chi connectivity index (χ4n) is 0.657. The second-order valence-corrected chi connectivity index (χ2v) is 5.57. The first kappa shape index (κ1) is 19.2. The van der Waals surface area contributed by atoms with Crippen molar-refractivity contribution in [3.8, 4) is 5.75 Å². The molecular weight excluding hydrogens is 284 g/mol. The minimum atomic E-state index is -1.45. The molecule has 0 aliphatic rings. The van der Waals surface area contributed by atoms with Gasteiger partial charge in [0.25, 0.3) is 0 Å². The predicted octanol–water partition coefficient (Wildman–Crippen LogP) is 1.11. The van der Waals surface area contributed by atoms with Crippen molar-refractivity contribution in [3.63, 3.8) is 0 Å². The molecular formula is C12H21BClNO5. The van der Waals surface area contributed by atoms with Gasteiger partial charge < -0.3 is 19.9 Å². The molecule has 0 bridgehead atoms. The standard InChI is InChI=1S/C6H7BClNO3.C6H14O2/c8-5-1-3-6(4-2-5)11-7(10)12-9;1-5(2,7)6(3,4)8/h1-4,10H,9H2;7-8H,1-4H3. The summed E-state index contributed by atoms with van der Waals surface area (Å²) in [6.07, 6.45) is 0. The minimum Gasteiger partial charge on any atom is -0.511 e. The SMILES string of the molecule is CC(C)(O)C(C)(C)O.NOB(O)Oc1ccc(Cl)cc1. The molecule has 5 N–H and O–H groups in total. The maximum atomic E-state index is 9.10. The van der Waals surface area contributed by atoms with E-state index in [0.717, 1.165) is 0 Å². The van der Waals surface area contributed by atoms with Crippen LogP contribution in [-0.4, -0.2) is 33.8 Å². The van der Waals surface area contributed by atoms with E-state index in [-0.39, 0.29) is 0 Å². The van der Waals surface area contributed by atoms with Crippen molar-refractivity contribution < 1.29 is 24.6 Å². The van der Waals surface area contributed by atoms with E-state index < -0.39 is 18.5 Å². The Morgan fingerprint density at radius 3 is 1.75 bits per heavy atom. The number of halogens is 1. The van der Waals surface area contributed by atoms with Gasteiger partial charge in [0.05, 0.1) is 11.2 Å². The first-order chi connectivity index (χ1) is 8.97. The first-order valence-corrected chi connectivity index (χ1v) is 6.25. The first-order valence-electron chi connectivity index (χ1n) is 5.88. The van der Waals surface area contributed by atoms with Gasteiger partial charge in [-0.25, -0.2) is 5.90 Å². The zero-order chi connectivity index (χ0) is 16.0. The van der Waals surface area contributed by atoms with E-state index in [1.807, 2.05) is 0 Å². The maximum Gasteiger partial charge on any atom is 0.727 e. The van der Waals surface area contributed by atoms with Crippen molar-refractivity contribution >= 4 is 18.9 Å². The number of nitrogens with two attached hydrogens (primary N) is 1. The molecule has 0 aliphatic heterocycles. The van der Waals surface area contributed by atoms with Gasteiger partial charge in [-0.1, -0.05) is 11.6 Å². The van der Waals surface area contributed by atoms with Gasteiger partial charge in [0.1, 0.15) is 5.75 Å². The Bertz CT molecular complexity index is 376. The Morgan fingerprint density at radius 2 is 1.45 bits per heavy atom. The zero-order valence-corrected chi connectivity index (χ0v) is 12.8. The van der Waals surface area contributed by atoms with E-state index >= 15 is 0 Å². The lowest BCUT2D eigenvalue weighted by molar-refractivity contribution is -0.107. The van der Waals surface area contributed by atoms with E-state index in [1.165, 1.54) is 0 Å². The molecule has 1 rings (SSSR count). The van der Waals surface area contributed by atoms with E-state index in [2.05, 4.69) is 10.7 Å². The fraction of sp³-hybridized carbons (Fsp3) is 0.500. The second-order valence-electron chi connectivity index (χ2n) is 5.13. The topological polar surface area (TPSA) is 105 Å². The molecule has 0 saturated carbocycles. The lowest BCUT2D eigenvalue weighted by Gasteiger charge is -2.31. The number of aliphatic hydroxyl groups is 2. The van der Waals surface area contributed by atoms with Gasteiger partial charge in [0, 0.05) is 5.02 Å². The Hall–Kier alpha value is -0.825. The van der Waals surface area contributed by atoms with Crippen molar-refractivity contribution in [2.45, 2.75) is 38.9 Å². The van der Waals surface area contributed by atoms with Gasteiger partial charge >= 0.3 is 7.32 Å². The minimum absolute atomic E-state index is 0.428. The summed E-state index contributed by atoms with van der Waals surface area (Å²) in [5, 5.41) is 27.6.